The average molecular weight is 347 g/mol. The molecule has 0 spiro atoms. The summed E-state index contributed by atoms with van der Waals surface area (Å²) in [6.45, 7) is 1.82. The number of hydrogen-bond donors (Lipinski definition) is 2. The molecule has 0 bridgehead atoms. The van der Waals surface area contributed by atoms with Crippen molar-refractivity contribution in [1.29, 1.82) is 0 Å². The second-order valence-corrected chi connectivity index (χ2v) is 6.84. The number of aromatic carboxylic acids is 1. The van der Waals surface area contributed by atoms with Crippen LogP contribution in [0.5, 0.6) is 0 Å². The van der Waals surface area contributed by atoms with E-state index in [2.05, 4.69) is 15.2 Å². The number of amidine groups is 1. The van der Waals surface area contributed by atoms with Crippen LogP contribution in [0, 0.1) is 0 Å². The number of benzene rings is 1. The third-order valence-electron chi connectivity index (χ3n) is 3.89. The maximum Gasteiger partial charge on any atom is 0.335 e. The fourth-order valence-corrected chi connectivity index (χ4v) is 3.75. The van der Waals surface area contributed by atoms with Gasteiger partial charge in [-0.2, -0.15) is 4.99 Å². The Morgan fingerprint density at radius 3 is 2.54 bits per heavy atom. The summed E-state index contributed by atoms with van der Waals surface area (Å²) in [5.41, 5.74) is 0.652. The molecule has 8 heteroatoms. The highest BCUT2D eigenvalue weighted by Gasteiger charge is 2.33. The number of aliphatic imine (C=N–C) groups is 1. The molecule has 1 aromatic rings. The summed E-state index contributed by atoms with van der Waals surface area (Å²) < 4.78 is 0. The van der Waals surface area contributed by atoms with Crippen LogP contribution in [0.1, 0.15) is 29.6 Å². The number of carbonyl (C=O) groups excluding carboxylic acids is 2. The number of nitrogens with zero attached hydrogens (tertiary/aromatic N) is 2. The molecule has 0 aliphatic carbocycles. The van der Waals surface area contributed by atoms with Gasteiger partial charge in [-0.1, -0.05) is 11.8 Å². The fraction of sp³-hybridized carbons (Fsp3) is 0.375. The summed E-state index contributed by atoms with van der Waals surface area (Å²) in [7, 11) is 0. The Morgan fingerprint density at radius 1 is 1.25 bits per heavy atom. The molecule has 24 heavy (non-hydrogen) atoms. The van der Waals surface area contributed by atoms with Gasteiger partial charge in [-0.15, -0.1) is 0 Å². The zero-order valence-electron chi connectivity index (χ0n) is 12.9. The Balaban J connectivity index is 1.53. The molecule has 2 aliphatic rings. The van der Waals surface area contributed by atoms with Gasteiger partial charge in [0.15, 0.2) is 5.17 Å². The molecule has 1 atom stereocenters. The molecule has 2 N–H and O–H groups in total. The van der Waals surface area contributed by atoms with Crippen molar-refractivity contribution in [3.05, 3.63) is 29.8 Å². The van der Waals surface area contributed by atoms with Crippen molar-refractivity contribution in [2.24, 2.45) is 4.99 Å². The van der Waals surface area contributed by atoms with E-state index in [-0.39, 0.29) is 23.8 Å². The zero-order chi connectivity index (χ0) is 17.1. The lowest BCUT2D eigenvalue weighted by Crippen LogP contribution is -2.25. The van der Waals surface area contributed by atoms with E-state index in [1.54, 1.807) is 0 Å². The molecule has 0 radical (unpaired) electrons. The smallest absolute Gasteiger partial charge is 0.335 e. The predicted octanol–water partition coefficient (Wildman–Crippen LogP) is 1.81. The molecular formula is C16H17N3O4S. The number of nitrogens with one attached hydrogen (secondary N) is 1. The SMILES string of the molecule is O=C(CC1SC(N2CCCC2)=NC1=O)Nc1ccc(C(=O)O)cc1. The number of anilines is 1. The third kappa shape index (κ3) is 3.76. The number of carboxylic acids is 1. The number of rotatable bonds is 4. The monoisotopic (exact) mass is 347 g/mol. The van der Waals surface area contributed by atoms with E-state index in [9.17, 15) is 14.4 Å². The Bertz CT molecular complexity index is 696. The Hall–Kier alpha value is -2.35. The van der Waals surface area contributed by atoms with Crippen molar-refractivity contribution < 1.29 is 19.5 Å². The molecule has 1 saturated heterocycles. The number of likely N-dealkylation sites (tertiary alicyclic amines) is 1. The molecule has 1 unspecified atom stereocenters. The number of carboxylic acid groups (broad SMARTS) is 1. The van der Waals surface area contributed by atoms with Gasteiger partial charge in [-0.25, -0.2) is 4.79 Å². The van der Waals surface area contributed by atoms with E-state index in [0.717, 1.165) is 31.1 Å². The van der Waals surface area contributed by atoms with Crippen molar-refractivity contribution in [2.75, 3.05) is 18.4 Å². The standard InChI is InChI=1S/C16H17N3O4S/c20-13(17-11-5-3-10(4-6-11)15(22)23)9-12-14(21)18-16(24-12)19-7-1-2-8-19/h3-6,12H,1-2,7-9H2,(H,17,20)(H,22,23). The van der Waals surface area contributed by atoms with E-state index in [1.807, 2.05) is 0 Å². The number of thioether (sulfide) groups is 1. The highest BCUT2D eigenvalue weighted by molar-refractivity contribution is 8.15. The summed E-state index contributed by atoms with van der Waals surface area (Å²) in [6.07, 6.45) is 2.25. The summed E-state index contributed by atoms with van der Waals surface area (Å²) in [5, 5.41) is 11.8. The number of carbonyl (C=O) groups is 3. The van der Waals surface area contributed by atoms with E-state index in [0.29, 0.717) is 5.69 Å². The molecule has 0 saturated carbocycles. The van der Waals surface area contributed by atoms with Crippen LogP contribution in [0.2, 0.25) is 0 Å². The third-order valence-corrected chi connectivity index (χ3v) is 5.11. The van der Waals surface area contributed by atoms with Crippen LogP contribution in [0.4, 0.5) is 5.69 Å². The van der Waals surface area contributed by atoms with Crippen LogP contribution in [-0.2, 0) is 9.59 Å². The highest BCUT2D eigenvalue weighted by Crippen LogP contribution is 2.29. The fourth-order valence-electron chi connectivity index (χ4n) is 2.63. The summed E-state index contributed by atoms with van der Waals surface area (Å²) in [5.74, 6) is -1.58. The first kappa shape index (κ1) is 16.5. The van der Waals surface area contributed by atoms with Gasteiger partial charge >= 0.3 is 5.97 Å². The minimum Gasteiger partial charge on any atom is -0.478 e. The van der Waals surface area contributed by atoms with Gasteiger partial charge in [0.05, 0.1) is 5.56 Å². The van der Waals surface area contributed by atoms with Crippen molar-refractivity contribution >= 4 is 40.4 Å². The van der Waals surface area contributed by atoms with Crippen molar-refractivity contribution in [3.8, 4) is 0 Å². The van der Waals surface area contributed by atoms with Crippen LogP contribution in [0.15, 0.2) is 29.3 Å². The lowest BCUT2D eigenvalue weighted by molar-refractivity contribution is -0.121. The van der Waals surface area contributed by atoms with Crippen molar-refractivity contribution in [2.45, 2.75) is 24.5 Å². The molecule has 0 aromatic heterocycles. The lowest BCUT2D eigenvalue weighted by atomic mass is 10.2. The first-order valence-corrected chi connectivity index (χ1v) is 8.58. The van der Waals surface area contributed by atoms with Crippen molar-refractivity contribution in [1.82, 2.24) is 4.90 Å². The molecule has 7 nitrogen and oxygen atoms in total. The van der Waals surface area contributed by atoms with Gasteiger partial charge in [0.2, 0.25) is 5.91 Å². The molecule has 1 aromatic carbocycles. The van der Waals surface area contributed by atoms with Crippen LogP contribution in [0.25, 0.3) is 0 Å². The van der Waals surface area contributed by atoms with Gasteiger partial charge in [0, 0.05) is 25.2 Å². The molecule has 1 fully saturated rings. The topological polar surface area (TPSA) is 99.1 Å². The first-order valence-electron chi connectivity index (χ1n) is 7.70. The van der Waals surface area contributed by atoms with Crippen LogP contribution in [-0.4, -0.2) is 51.3 Å². The van der Waals surface area contributed by atoms with Crippen LogP contribution in [0.3, 0.4) is 0 Å². The van der Waals surface area contributed by atoms with E-state index in [1.165, 1.54) is 36.0 Å². The quantitative estimate of drug-likeness (QED) is 0.862. The molecule has 2 heterocycles. The summed E-state index contributed by atoms with van der Waals surface area (Å²) in [6, 6.07) is 5.89. The van der Waals surface area contributed by atoms with Gasteiger partial charge in [0.1, 0.15) is 5.25 Å². The van der Waals surface area contributed by atoms with Crippen molar-refractivity contribution in [3.63, 3.8) is 0 Å². The normalized spacial score (nSPS) is 20.2. The first-order chi connectivity index (χ1) is 11.5. The zero-order valence-corrected chi connectivity index (χ0v) is 13.7. The van der Waals surface area contributed by atoms with Gasteiger partial charge in [-0.05, 0) is 37.1 Å². The predicted molar refractivity (Wildman–Crippen MR) is 91.3 cm³/mol. The highest BCUT2D eigenvalue weighted by atomic mass is 32.2. The second kappa shape index (κ2) is 7.04. The maximum atomic E-state index is 12.1. The minimum absolute atomic E-state index is 0.0466. The second-order valence-electron chi connectivity index (χ2n) is 5.67. The molecule has 3 rings (SSSR count). The molecular weight excluding hydrogens is 330 g/mol. The van der Waals surface area contributed by atoms with Crippen LogP contribution >= 0.6 is 11.8 Å². The largest absolute Gasteiger partial charge is 0.478 e. The average Bonchev–Trinajstić information content (AvgIpc) is 3.18. The number of amides is 2. The summed E-state index contributed by atoms with van der Waals surface area (Å²) in [4.78, 5) is 41.0. The Kier molecular flexibility index (Phi) is 4.84. The van der Waals surface area contributed by atoms with Crippen LogP contribution < -0.4 is 5.32 Å². The summed E-state index contributed by atoms with van der Waals surface area (Å²) >= 11 is 1.35. The molecule has 2 aliphatic heterocycles. The van der Waals surface area contributed by atoms with E-state index >= 15 is 0 Å². The van der Waals surface area contributed by atoms with Gasteiger partial charge in [0.25, 0.3) is 5.91 Å². The molecule has 2 amide bonds. The Morgan fingerprint density at radius 2 is 1.92 bits per heavy atom. The number of hydrogen-bond acceptors (Lipinski definition) is 5. The Labute approximate surface area is 143 Å². The van der Waals surface area contributed by atoms with E-state index in [4.69, 9.17) is 5.11 Å². The molecule has 126 valence electrons. The minimum atomic E-state index is -1.02. The lowest BCUT2D eigenvalue weighted by Gasteiger charge is -2.16. The van der Waals surface area contributed by atoms with E-state index < -0.39 is 11.2 Å². The van der Waals surface area contributed by atoms with Gasteiger partial charge < -0.3 is 15.3 Å². The maximum absolute atomic E-state index is 12.1. The van der Waals surface area contributed by atoms with Gasteiger partial charge in [-0.3, -0.25) is 9.59 Å².